The largest absolute Gasteiger partial charge is 0.355 e. The Morgan fingerprint density at radius 1 is 1.04 bits per heavy atom. The molecule has 5 heteroatoms. The quantitative estimate of drug-likeness (QED) is 0.717. The van der Waals surface area contributed by atoms with Crippen molar-refractivity contribution < 1.29 is 4.79 Å². The van der Waals surface area contributed by atoms with Crippen LogP contribution in [0.1, 0.15) is 27.2 Å². The summed E-state index contributed by atoms with van der Waals surface area (Å²) in [6, 6.07) is 13.8. The van der Waals surface area contributed by atoms with Gasteiger partial charge >= 0.3 is 0 Å². The number of nitrogens with one attached hydrogen (secondary N) is 1. The number of hydrogen-bond donors (Lipinski definition) is 1. The van der Waals surface area contributed by atoms with Crippen molar-refractivity contribution in [3.05, 3.63) is 83.4 Å². The van der Waals surface area contributed by atoms with Crippen LogP contribution in [0.2, 0.25) is 0 Å². The standard InChI is InChI=1S/C22H24N4O/c1-16-4-5-20(17(2)14-16)25-19-8-12-24-21(15-19)22(27)26(3)13-9-18-6-10-23-11-7-18/h4-8,10-12,14-15H,9,13H2,1-3H3,(H,24,25). The van der Waals surface area contributed by atoms with Crippen LogP contribution in [0.25, 0.3) is 0 Å². The highest BCUT2D eigenvalue weighted by Crippen LogP contribution is 2.22. The van der Waals surface area contributed by atoms with E-state index >= 15 is 0 Å². The highest BCUT2D eigenvalue weighted by Gasteiger charge is 2.14. The van der Waals surface area contributed by atoms with Gasteiger partial charge in [-0.15, -0.1) is 0 Å². The molecule has 0 unspecified atom stereocenters. The first-order chi connectivity index (χ1) is 13.0. The number of pyridine rings is 2. The van der Waals surface area contributed by atoms with Gasteiger partial charge in [0.1, 0.15) is 5.69 Å². The molecule has 1 amide bonds. The molecule has 3 aromatic rings. The number of hydrogen-bond acceptors (Lipinski definition) is 4. The monoisotopic (exact) mass is 360 g/mol. The normalized spacial score (nSPS) is 10.5. The van der Waals surface area contributed by atoms with Crippen molar-refractivity contribution in [3.63, 3.8) is 0 Å². The average Bonchev–Trinajstić information content (AvgIpc) is 2.69. The second kappa shape index (κ2) is 8.45. The maximum Gasteiger partial charge on any atom is 0.272 e. The van der Waals surface area contributed by atoms with E-state index in [0.29, 0.717) is 12.2 Å². The molecule has 0 fully saturated rings. The van der Waals surface area contributed by atoms with Gasteiger partial charge in [0.15, 0.2) is 0 Å². The SMILES string of the molecule is Cc1ccc(Nc2ccnc(C(=O)N(C)CCc3ccncc3)c2)c(C)c1. The molecule has 0 aliphatic rings. The van der Waals surface area contributed by atoms with Gasteiger partial charge in [0.05, 0.1) is 0 Å². The fourth-order valence-electron chi connectivity index (χ4n) is 2.88. The Bertz CT molecular complexity index is 925. The van der Waals surface area contributed by atoms with Gasteiger partial charge < -0.3 is 10.2 Å². The molecule has 0 atom stereocenters. The number of rotatable bonds is 6. The summed E-state index contributed by atoms with van der Waals surface area (Å²) >= 11 is 0. The predicted octanol–water partition coefficient (Wildman–Crippen LogP) is 4.15. The number of anilines is 2. The van der Waals surface area contributed by atoms with Gasteiger partial charge in [0.2, 0.25) is 0 Å². The molecule has 0 spiro atoms. The minimum atomic E-state index is -0.0895. The van der Waals surface area contributed by atoms with Crippen LogP contribution in [0.15, 0.2) is 61.1 Å². The van der Waals surface area contributed by atoms with E-state index in [4.69, 9.17) is 0 Å². The van der Waals surface area contributed by atoms with E-state index in [1.54, 1.807) is 36.6 Å². The first-order valence-electron chi connectivity index (χ1n) is 8.97. The highest BCUT2D eigenvalue weighted by atomic mass is 16.2. The van der Waals surface area contributed by atoms with Crippen LogP contribution in [0.3, 0.4) is 0 Å². The molecule has 1 aromatic carbocycles. The first kappa shape index (κ1) is 18.6. The summed E-state index contributed by atoms with van der Waals surface area (Å²) in [7, 11) is 1.80. The lowest BCUT2D eigenvalue weighted by molar-refractivity contribution is 0.0791. The third-order valence-corrected chi connectivity index (χ3v) is 4.47. The Morgan fingerprint density at radius 2 is 1.81 bits per heavy atom. The Hall–Kier alpha value is -3.21. The zero-order valence-corrected chi connectivity index (χ0v) is 15.9. The third kappa shape index (κ3) is 4.91. The van der Waals surface area contributed by atoms with Gasteiger partial charge in [-0.3, -0.25) is 14.8 Å². The molecule has 1 N–H and O–H groups in total. The van der Waals surface area contributed by atoms with E-state index in [-0.39, 0.29) is 5.91 Å². The van der Waals surface area contributed by atoms with Crippen molar-refractivity contribution >= 4 is 17.3 Å². The fourth-order valence-corrected chi connectivity index (χ4v) is 2.88. The summed E-state index contributed by atoms with van der Waals surface area (Å²) in [5, 5.41) is 3.37. The Morgan fingerprint density at radius 3 is 2.56 bits per heavy atom. The maximum atomic E-state index is 12.7. The Labute approximate surface area is 160 Å². The van der Waals surface area contributed by atoms with Gasteiger partial charge in [-0.05, 0) is 61.7 Å². The number of likely N-dealkylation sites (N-methyl/N-ethyl adjacent to an activating group) is 1. The molecular weight excluding hydrogens is 336 g/mol. The van der Waals surface area contributed by atoms with Crippen LogP contribution in [-0.2, 0) is 6.42 Å². The second-order valence-electron chi connectivity index (χ2n) is 6.71. The van der Waals surface area contributed by atoms with Crippen LogP contribution in [0.5, 0.6) is 0 Å². The molecule has 27 heavy (non-hydrogen) atoms. The molecule has 3 rings (SSSR count). The first-order valence-corrected chi connectivity index (χ1v) is 8.97. The van der Waals surface area contributed by atoms with Crippen LogP contribution >= 0.6 is 0 Å². The Balaban J connectivity index is 1.67. The van der Waals surface area contributed by atoms with Gasteiger partial charge in [-0.2, -0.15) is 0 Å². The number of carbonyl (C=O) groups is 1. The molecule has 5 nitrogen and oxygen atoms in total. The van der Waals surface area contributed by atoms with Crippen LogP contribution in [-0.4, -0.2) is 34.4 Å². The molecule has 2 aromatic heterocycles. The number of benzene rings is 1. The summed E-state index contributed by atoms with van der Waals surface area (Å²) < 4.78 is 0. The summed E-state index contributed by atoms with van der Waals surface area (Å²) in [5.41, 5.74) is 5.84. The second-order valence-corrected chi connectivity index (χ2v) is 6.71. The molecular formula is C22H24N4O. The van der Waals surface area contributed by atoms with Crippen molar-refractivity contribution in [2.45, 2.75) is 20.3 Å². The van der Waals surface area contributed by atoms with Crippen LogP contribution in [0.4, 0.5) is 11.4 Å². The zero-order valence-electron chi connectivity index (χ0n) is 15.9. The molecule has 2 heterocycles. The number of aromatic nitrogens is 2. The van der Waals surface area contributed by atoms with Crippen molar-refractivity contribution in [1.82, 2.24) is 14.9 Å². The van der Waals surface area contributed by atoms with Crippen LogP contribution < -0.4 is 5.32 Å². The number of carbonyl (C=O) groups excluding carboxylic acids is 1. The van der Waals surface area contributed by atoms with Gasteiger partial charge in [0.25, 0.3) is 5.91 Å². The molecule has 0 aliphatic heterocycles. The molecule has 0 aliphatic carbocycles. The van der Waals surface area contributed by atoms with Crippen LogP contribution in [0, 0.1) is 13.8 Å². The van der Waals surface area contributed by atoms with E-state index in [2.05, 4.69) is 41.3 Å². The van der Waals surface area contributed by atoms with Crippen molar-refractivity contribution in [1.29, 1.82) is 0 Å². The lowest BCUT2D eigenvalue weighted by atomic mass is 10.1. The van der Waals surface area contributed by atoms with Gasteiger partial charge in [0, 0.05) is 43.6 Å². The van der Waals surface area contributed by atoms with E-state index in [1.165, 1.54) is 5.56 Å². The van der Waals surface area contributed by atoms with E-state index in [9.17, 15) is 4.79 Å². The Kier molecular flexibility index (Phi) is 5.81. The van der Waals surface area contributed by atoms with Gasteiger partial charge in [-0.1, -0.05) is 17.7 Å². The van der Waals surface area contributed by atoms with E-state index < -0.39 is 0 Å². The summed E-state index contributed by atoms with van der Waals surface area (Å²) in [5.74, 6) is -0.0895. The van der Waals surface area contributed by atoms with E-state index in [0.717, 1.165) is 28.9 Å². The molecule has 0 saturated heterocycles. The summed E-state index contributed by atoms with van der Waals surface area (Å²) in [6.07, 6.45) is 5.98. The molecule has 0 saturated carbocycles. The topological polar surface area (TPSA) is 58.1 Å². The highest BCUT2D eigenvalue weighted by molar-refractivity contribution is 5.93. The van der Waals surface area contributed by atoms with E-state index in [1.807, 2.05) is 24.3 Å². The number of nitrogens with zero attached hydrogens (tertiary/aromatic N) is 3. The average molecular weight is 360 g/mol. The van der Waals surface area contributed by atoms with Crippen molar-refractivity contribution in [3.8, 4) is 0 Å². The minimum Gasteiger partial charge on any atom is -0.355 e. The lowest BCUT2D eigenvalue weighted by Gasteiger charge is -2.17. The van der Waals surface area contributed by atoms with Crippen molar-refractivity contribution in [2.24, 2.45) is 0 Å². The molecule has 0 radical (unpaired) electrons. The minimum absolute atomic E-state index is 0.0895. The third-order valence-electron chi connectivity index (χ3n) is 4.47. The lowest BCUT2D eigenvalue weighted by Crippen LogP contribution is -2.29. The predicted molar refractivity (Wildman–Crippen MR) is 108 cm³/mol. The number of amides is 1. The maximum absolute atomic E-state index is 12.7. The number of aryl methyl sites for hydroxylation is 2. The molecule has 0 bridgehead atoms. The summed E-state index contributed by atoms with van der Waals surface area (Å²) in [6.45, 7) is 4.76. The molecule has 138 valence electrons. The smallest absolute Gasteiger partial charge is 0.272 e. The zero-order chi connectivity index (χ0) is 19.2. The van der Waals surface area contributed by atoms with Crippen molar-refractivity contribution in [2.75, 3.05) is 18.9 Å². The van der Waals surface area contributed by atoms with Gasteiger partial charge in [-0.25, -0.2) is 0 Å². The summed E-state index contributed by atoms with van der Waals surface area (Å²) in [4.78, 5) is 22.7. The fraction of sp³-hybridized carbons (Fsp3) is 0.227.